The maximum absolute atomic E-state index is 12.3. The SMILES string of the molecule is CN(CC(=O)O)C(=O)c1ccc(C(F)(F)F)[nH]c1=O. The fraction of sp³-hybridized carbons (Fsp3) is 0.300. The molecule has 0 radical (unpaired) electrons. The molecule has 0 atom stereocenters. The smallest absolute Gasteiger partial charge is 0.431 e. The largest absolute Gasteiger partial charge is 0.480 e. The lowest BCUT2D eigenvalue weighted by Gasteiger charge is -2.14. The number of amides is 1. The highest BCUT2D eigenvalue weighted by molar-refractivity contribution is 5.95. The molecule has 2 N–H and O–H groups in total. The third-order valence-electron chi connectivity index (χ3n) is 2.16. The van der Waals surface area contributed by atoms with Gasteiger partial charge in [-0.3, -0.25) is 14.4 Å². The first kappa shape index (κ1) is 14.7. The number of aromatic amines is 1. The lowest BCUT2D eigenvalue weighted by atomic mass is 10.2. The van der Waals surface area contributed by atoms with Crippen molar-refractivity contribution in [1.82, 2.24) is 9.88 Å². The number of carbonyl (C=O) groups is 2. The lowest BCUT2D eigenvalue weighted by molar-refractivity contribution is -0.141. The van der Waals surface area contributed by atoms with Crippen LogP contribution in [0.25, 0.3) is 0 Å². The first-order chi connectivity index (χ1) is 8.62. The van der Waals surface area contributed by atoms with Crippen LogP contribution in [0.3, 0.4) is 0 Å². The molecule has 1 amide bonds. The van der Waals surface area contributed by atoms with Crippen LogP contribution in [0.4, 0.5) is 13.2 Å². The zero-order chi connectivity index (χ0) is 14.8. The Hall–Kier alpha value is -2.32. The number of hydrogen-bond donors (Lipinski definition) is 2. The summed E-state index contributed by atoms with van der Waals surface area (Å²) in [5.74, 6) is -2.28. The van der Waals surface area contributed by atoms with Gasteiger partial charge in [-0.1, -0.05) is 0 Å². The van der Waals surface area contributed by atoms with E-state index in [9.17, 15) is 27.6 Å². The maximum atomic E-state index is 12.3. The molecule has 0 aliphatic carbocycles. The molecule has 0 fully saturated rings. The Labute approximate surface area is 104 Å². The molecule has 0 saturated heterocycles. The van der Waals surface area contributed by atoms with Crippen molar-refractivity contribution in [3.8, 4) is 0 Å². The zero-order valence-electron chi connectivity index (χ0n) is 9.61. The summed E-state index contributed by atoms with van der Waals surface area (Å²) in [5, 5.41) is 8.47. The Bertz CT molecular complexity index is 565. The Kier molecular flexibility index (Phi) is 3.98. The summed E-state index contributed by atoms with van der Waals surface area (Å²) in [6.07, 6.45) is -4.73. The Morgan fingerprint density at radius 1 is 1.37 bits per heavy atom. The van der Waals surface area contributed by atoms with Crippen LogP contribution in [0, 0.1) is 0 Å². The molecule has 104 valence electrons. The van der Waals surface area contributed by atoms with Crippen LogP contribution in [-0.2, 0) is 11.0 Å². The summed E-state index contributed by atoms with van der Waals surface area (Å²) in [7, 11) is 1.12. The highest BCUT2D eigenvalue weighted by Crippen LogP contribution is 2.26. The molecule has 1 aromatic heterocycles. The number of halogens is 3. The van der Waals surface area contributed by atoms with Gasteiger partial charge in [-0.2, -0.15) is 13.2 Å². The first-order valence-electron chi connectivity index (χ1n) is 4.90. The molecule has 6 nitrogen and oxygen atoms in total. The minimum absolute atomic E-state index is 0.545. The fourth-order valence-electron chi connectivity index (χ4n) is 1.29. The van der Waals surface area contributed by atoms with Crippen LogP contribution in [0.2, 0.25) is 0 Å². The molecular formula is C10H9F3N2O4. The van der Waals surface area contributed by atoms with E-state index >= 15 is 0 Å². The number of hydrogen-bond acceptors (Lipinski definition) is 3. The van der Waals surface area contributed by atoms with E-state index < -0.39 is 41.4 Å². The van der Waals surface area contributed by atoms with E-state index in [1.54, 1.807) is 0 Å². The predicted octanol–water partition coefficient (Wildman–Crippen LogP) is 0.550. The summed E-state index contributed by atoms with van der Waals surface area (Å²) >= 11 is 0. The number of H-pyrrole nitrogens is 1. The molecule has 9 heteroatoms. The van der Waals surface area contributed by atoms with E-state index in [0.29, 0.717) is 17.0 Å². The Morgan fingerprint density at radius 2 is 1.95 bits per heavy atom. The number of nitrogens with one attached hydrogen (secondary N) is 1. The number of carbonyl (C=O) groups excluding carboxylic acids is 1. The fourth-order valence-corrected chi connectivity index (χ4v) is 1.29. The first-order valence-corrected chi connectivity index (χ1v) is 4.90. The molecular weight excluding hydrogens is 269 g/mol. The van der Waals surface area contributed by atoms with E-state index in [1.807, 2.05) is 0 Å². The summed E-state index contributed by atoms with van der Waals surface area (Å²) in [6.45, 7) is -0.667. The standard InChI is InChI=1S/C10H9F3N2O4/c1-15(4-7(16)17)9(19)5-2-3-6(10(11,12)13)14-8(5)18/h2-3H,4H2,1H3,(H,14,18)(H,16,17). The van der Waals surface area contributed by atoms with E-state index in [0.717, 1.165) is 7.05 Å². The topological polar surface area (TPSA) is 90.5 Å². The van der Waals surface area contributed by atoms with Crippen LogP contribution >= 0.6 is 0 Å². The Morgan fingerprint density at radius 3 is 2.37 bits per heavy atom. The van der Waals surface area contributed by atoms with Gasteiger partial charge in [-0.15, -0.1) is 0 Å². The van der Waals surface area contributed by atoms with Crippen molar-refractivity contribution < 1.29 is 27.9 Å². The second-order valence-corrected chi connectivity index (χ2v) is 3.67. The van der Waals surface area contributed by atoms with Gasteiger partial charge < -0.3 is 15.0 Å². The number of rotatable bonds is 3. The third-order valence-corrected chi connectivity index (χ3v) is 2.16. The van der Waals surface area contributed by atoms with Gasteiger partial charge in [0.25, 0.3) is 11.5 Å². The van der Waals surface area contributed by atoms with Gasteiger partial charge >= 0.3 is 12.1 Å². The molecule has 0 aromatic carbocycles. The van der Waals surface area contributed by atoms with Crippen LogP contribution in [-0.4, -0.2) is 40.5 Å². The van der Waals surface area contributed by atoms with Gasteiger partial charge in [0.05, 0.1) is 0 Å². The van der Waals surface area contributed by atoms with Crippen molar-refractivity contribution in [1.29, 1.82) is 0 Å². The predicted molar refractivity (Wildman–Crippen MR) is 56.7 cm³/mol. The monoisotopic (exact) mass is 278 g/mol. The quantitative estimate of drug-likeness (QED) is 0.844. The van der Waals surface area contributed by atoms with Gasteiger partial charge in [0.2, 0.25) is 0 Å². The summed E-state index contributed by atoms with van der Waals surface area (Å²) in [6, 6.07) is 1.26. The van der Waals surface area contributed by atoms with Gasteiger partial charge in [0.1, 0.15) is 17.8 Å². The number of nitrogens with zero attached hydrogens (tertiary/aromatic N) is 1. The van der Waals surface area contributed by atoms with Gasteiger partial charge in [0.15, 0.2) is 0 Å². The molecule has 1 rings (SSSR count). The van der Waals surface area contributed by atoms with Gasteiger partial charge in [-0.05, 0) is 12.1 Å². The highest BCUT2D eigenvalue weighted by Gasteiger charge is 2.32. The number of alkyl halides is 3. The average Bonchev–Trinajstić information content (AvgIpc) is 2.25. The van der Waals surface area contributed by atoms with Crippen molar-refractivity contribution in [2.75, 3.05) is 13.6 Å². The molecule has 0 spiro atoms. The molecule has 0 saturated carbocycles. The normalized spacial score (nSPS) is 11.2. The minimum atomic E-state index is -4.73. The van der Waals surface area contributed by atoms with E-state index in [2.05, 4.69) is 0 Å². The van der Waals surface area contributed by atoms with Crippen molar-refractivity contribution >= 4 is 11.9 Å². The van der Waals surface area contributed by atoms with Gasteiger partial charge in [0, 0.05) is 7.05 Å². The number of aromatic nitrogens is 1. The van der Waals surface area contributed by atoms with E-state index in [-0.39, 0.29) is 0 Å². The zero-order valence-corrected chi connectivity index (χ0v) is 9.61. The number of carboxylic acids is 1. The van der Waals surface area contributed by atoms with Crippen molar-refractivity contribution in [2.24, 2.45) is 0 Å². The van der Waals surface area contributed by atoms with Crippen LogP contribution in [0.15, 0.2) is 16.9 Å². The summed E-state index contributed by atoms with van der Waals surface area (Å²) in [4.78, 5) is 35.6. The summed E-state index contributed by atoms with van der Waals surface area (Å²) in [5.41, 5.74) is -3.07. The molecule has 19 heavy (non-hydrogen) atoms. The van der Waals surface area contributed by atoms with Crippen molar-refractivity contribution in [2.45, 2.75) is 6.18 Å². The summed E-state index contributed by atoms with van der Waals surface area (Å²) < 4.78 is 36.9. The molecule has 0 aliphatic heterocycles. The number of pyridine rings is 1. The van der Waals surface area contributed by atoms with Crippen LogP contribution in [0.5, 0.6) is 0 Å². The van der Waals surface area contributed by atoms with Crippen LogP contribution in [0.1, 0.15) is 16.1 Å². The number of aliphatic carboxylic acids is 1. The number of carboxylic acid groups (broad SMARTS) is 1. The molecule has 0 unspecified atom stereocenters. The highest BCUT2D eigenvalue weighted by atomic mass is 19.4. The average molecular weight is 278 g/mol. The lowest BCUT2D eigenvalue weighted by Crippen LogP contribution is -2.35. The van der Waals surface area contributed by atoms with E-state index in [1.165, 1.54) is 4.98 Å². The van der Waals surface area contributed by atoms with E-state index in [4.69, 9.17) is 5.11 Å². The van der Waals surface area contributed by atoms with Gasteiger partial charge in [-0.25, -0.2) is 0 Å². The number of likely N-dealkylation sites (N-methyl/N-ethyl adjacent to an activating group) is 1. The maximum Gasteiger partial charge on any atom is 0.431 e. The molecule has 0 bridgehead atoms. The second kappa shape index (κ2) is 5.12. The molecule has 1 aromatic rings. The van der Waals surface area contributed by atoms with Crippen molar-refractivity contribution in [3.05, 3.63) is 33.7 Å². The Balaban J connectivity index is 3.07. The van der Waals surface area contributed by atoms with Crippen molar-refractivity contribution in [3.63, 3.8) is 0 Å². The van der Waals surface area contributed by atoms with Crippen LogP contribution < -0.4 is 5.56 Å². The third kappa shape index (κ3) is 3.57. The minimum Gasteiger partial charge on any atom is -0.480 e. The second-order valence-electron chi connectivity index (χ2n) is 3.67. The molecule has 0 aliphatic rings. The molecule has 1 heterocycles.